The number of quaternary nitrogens is 1. The van der Waals surface area contributed by atoms with E-state index in [1.54, 1.807) is 17.2 Å². The first-order valence-corrected chi connectivity index (χ1v) is 7.71. The van der Waals surface area contributed by atoms with Crippen molar-refractivity contribution in [3.63, 3.8) is 0 Å². The highest BCUT2D eigenvalue weighted by atomic mass is 19.1. The maximum Gasteiger partial charge on any atom is 0.123 e. The number of nitrogens with zero attached hydrogens (tertiary/aromatic N) is 2. The highest BCUT2D eigenvalue weighted by Gasteiger charge is 2.18. The van der Waals surface area contributed by atoms with Crippen LogP contribution in [0.5, 0.6) is 0 Å². The van der Waals surface area contributed by atoms with Crippen LogP contribution >= 0.6 is 0 Å². The van der Waals surface area contributed by atoms with E-state index >= 15 is 0 Å². The third-order valence-corrected chi connectivity index (χ3v) is 3.96. The van der Waals surface area contributed by atoms with Crippen molar-refractivity contribution in [2.75, 3.05) is 26.2 Å². The number of hydrazone groups is 1. The maximum absolute atomic E-state index is 13.1. The van der Waals surface area contributed by atoms with Crippen LogP contribution in [-0.4, -0.2) is 37.4 Å². The smallest absolute Gasteiger partial charge is 0.123 e. The summed E-state index contributed by atoms with van der Waals surface area (Å²) in [7, 11) is 0. The van der Waals surface area contributed by atoms with Crippen LogP contribution in [0.2, 0.25) is 0 Å². The Balaban J connectivity index is 1.49. The Morgan fingerprint density at radius 3 is 2.55 bits per heavy atom. The van der Waals surface area contributed by atoms with Gasteiger partial charge < -0.3 is 4.90 Å². The number of nitrogens with one attached hydrogen (secondary N) is 1. The fraction of sp³-hybridized carbons (Fsp3) is 0.278. The zero-order chi connectivity index (χ0) is 15.2. The standard InChI is InChI=1S/C18H20FN3/c19-18-8-4-7-17(13-18)14-20-22-11-9-21(10-12-22)15-16-5-2-1-3-6-16/h1-8,13-14H,9-12,15H2/p+1. The summed E-state index contributed by atoms with van der Waals surface area (Å²) in [6.07, 6.45) is 1.74. The van der Waals surface area contributed by atoms with Crippen molar-refractivity contribution >= 4 is 6.21 Å². The van der Waals surface area contributed by atoms with Crippen molar-refractivity contribution in [2.24, 2.45) is 5.10 Å². The molecule has 1 saturated heterocycles. The molecule has 0 saturated carbocycles. The molecule has 0 spiro atoms. The first-order valence-electron chi connectivity index (χ1n) is 7.71. The SMILES string of the molecule is Fc1cccc(C=NN2CC[NH+](Cc3ccccc3)CC2)c1. The van der Waals surface area contributed by atoms with Crippen molar-refractivity contribution in [3.8, 4) is 0 Å². The van der Waals surface area contributed by atoms with Gasteiger partial charge in [-0.05, 0) is 17.7 Å². The Morgan fingerprint density at radius 1 is 1.05 bits per heavy atom. The highest BCUT2D eigenvalue weighted by Crippen LogP contribution is 2.02. The molecule has 22 heavy (non-hydrogen) atoms. The van der Waals surface area contributed by atoms with Gasteiger partial charge in [0.15, 0.2) is 0 Å². The summed E-state index contributed by atoms with van der Waals surface area (Å²) in [5.74, 6) is -0.221. The van der Waals surface area contributed by atoms with Crippen LogP contribution in [0.4, 0.5) is 4.39 Å². The van der Waals surface area contributed by atoms with Gasteiger partial charge in [-0.15, -0.1) is 0 Å². The molecule has 2 aromatic carbocycles. The van der Waals surface area contributed by atoms with E-state index in [-0.39, 0.29) is 5.82 Å². The van der Waals surface area contributed by atoms with E-state index < -0.39 is 0 Å². The third kappa shape index (κ3) is 4.15. The Hall–Kier alpha value is -2.20. The molecule has 114 valence electrons. The lowest BCUT2D eigenvalue weighted by molar-refractivity contribution is -0.918. The summed E-state index contributed by atoms with van der Waals surface area (Å²) >= 11 is 0. The molecule has 2 aromatic rings. The highest BCUT2D eigenvalue weighted by molar-refractivity contribution is 5.79. The molecule has 1 aliphatic heterocycles. The van der Waals surface area contributed by atoms with E-state index in [0.29, 0.717) is 0 Å². The van der Waals surface area contributed by atoms with Crippen molar-refractivity contribution in [3.05, 3.63) is 71.5 Å². The lowest BCUT2D eigenvalue weighted by Crippen LogP contribution is -3.13. The molecular weight excluding hydrogens is 277 g/mol. The average Bonchev–Trinajstić information content (AvgIpc) is 2.55. The molecule has 3 nitrogen and oxygen atoms in total. The minimum Gasteiger partial charge on any atom is -0.328 e. The minimum absolute atomic E-state index is 0.221. The van der Waals surface area contributed by atoms with Gasteiger partial charge in [-0.3, -0.25) is 5.01 Å². The van der Waals surface area contributed by atoms with Crippen LogP contribution in [0, 0.1) is 5.82 Å². The Morgan fingerprint density at radius 2 is 1.82 bits per heavy atom. The fourth-order valence-electron chi connectivity index (χ4n) is 2.72. The molecule has 4 heteroatoms. The molecule has 0 aromatic heterocycles. The topological polar surface area (TPSA) is 20.0 Å². The summed E-state index contributed by atoms with van der Waals surface area (Å²) in [5, 5.41) is 6.53. The molecule has 1 fully saturated rings. The number of hydrogen-bond acceptors (Lipinski definition) is 2. The molecule has 0 amide bonds. The van der Waals surface area contributed by atoms with Gasteiger partial charge >= 0.3 is 0 Å². The molecule has 0 bridgehead atoms. The molecule has 1 heterocycles. The molecule has 0 radical (unpaired) electrons. The molecule has 3 rings (SSSR count). The maximum atomic E-state index is 13.1. The fourth-order valence-corrected chi connectivity index (χ4v) is 2.72. The van der Waals surface area contributed by atoms with Crippen LogP contribution in [0.15, 0.2) is 59.7 Å². The summed E-state index contributed by atoms with van der Waals surface area (Å²) in [5.41, 5.74) is 2.19. The predicted octanol–water partition coefficient (Wildman–Crippen LogP) is 1.56. The largest absolute Gasteiger partial charge is 0.328 e. The number of benzene rings is 2. The molecule has 0 unspecified atom stereocenters. The molecule has 0 aliphatic carbocycles. The van der Waals surface area contributed by atoms with Gasteiger partial charge in [-0.1, -0.05) is 42.5 Å². The van der Waals surface area contributed by atoms with Gasteiger partial charge in [0.05, 0.1) is 32.4 Å². The number of rotatable bonds is 4. The van der Waals surface area contributed by atoms with Crippen molar-refractivity contribution in [2.45, 2.75) is 6.54 Å². The normalized spacial score (nSPS) is 16.3. The molecule has 1 aliphatic rings. The summed E-state index contributed by atoms with van der Waals surface area (Å²) in [6, 6.07) is 17.1. The summed E-state index contributed by atoms with van der Waals surface area (Å²) < 4.78 is 13.1. The van der Waals surface area contributed by atoms with Crippen molar-refractivity contribution in [1.82, 2.24) is 5.01 Å². The minimum atomic E-state index is -0.221. The number of piperazine rings is 1. The second kappa shape index (κ2) is 7.18. The summed E-state index contributed by atoms with van der Waals surface area (Å²) in [4.78, 5) is 1.59. The molecule has 0 atom stereocenters. The second-order valence-corrected chi connectivity index (χ2v) is 5.67. The van der Waals surface area contributed by atoms with E-state index in [0.717, 1.165) is 38.3 Å². The van der Waals surface area contributed by atoms with Crippen LogP contribution in [0.1, 0.15) is 11.1 Å². The second-order valence-electron chi connectivity index (χ2n) is 5.67. The van der Waals surface area contributed by atoms with Crippen LogP contribution in [-0.2, 0) is 6.54 Å². The lowest BCUT2D eigenvalue weighted by Gasteiger charge is -2.30. The van der Waals surface area contributed by atoms with Crippen LogP contribution in [0.3, 0.4) is 0 Å². The Labute approximate surface area is 130 Å². The van der Waals surface area contributed by atoms with Gasteiger partial charge in [-0.25, -0.2) is 4.39 Å². The summed E-state index contributed by atoms with van der Waals surface area (Å²) in [6.45, 7) is 5.11. The molecule has 1 N–H and O–H groups in total. The zero-order valence-electron chi connectivity index (χ0n) is 12.6. The van der Waals surface area contributed by atoms with Crippen LogP contribution < -0.4 is 4.90 Å². The zero-order valence-corrected chi connectivity index (χ0v) is 12.6. The number of hydrogen-bond donors (Lipinski definition) is 1. The van der Waals surface area contributed by atoms with Gasteiger partial charge in [-0.2, -0.15) is 5.10 Å². The first kappa shape index (κ1) is 14.7. The van der Waals surface area contributed by atoms with Gasteiger partial charge in [0.2, 0.25) is 0 Å². The monoisotopic (exact) mass is 298 g/mol. The van der Waals surface area contributed by atoms with Crippen LogP contribution in [0.25, 0.3) is 0 Å². The Kier molecular flexibility index (Phi) is 4.81. The van der Waals surface area contributed by atoms with Gasteiger partial charge in [0.1, 0.15) is 12.4 Å². The van der Waals surface area contributed by atoms with E-state index in [4.69, 9.17) is 0 Å². The third-order valence-electron chi connectivity index (χ3n) is 3.96. The van der Waals surface area contributed by atoms with E-state index in [1.165, 1.54) is 17.7 Å². The van der Waals surface area contributed by atoms with Gasteiger partial charge in [0.25, 0.3) is 0 Å². The Bertz CT molecular complexity index is 619. The molecular formula is C18H21FN3+. The number of halogens is 1. The van der Waals surface area contributed by atoms with Gasteiger partial charge in [0, 0.05) is 5.56 Å². The lowest BCUT2D eigenvalue weighted by atomic mass is 10.2. The predicted molar refractivity (Wildman–Crippen MR) is 86.4 cm³/mol. The first-order chi connectivity index (χ1) is 10.8. The van der Waals surface area contributed by atoms with E-state index in [2.05, 4.69) is 40.4 Å². The average molecular weight is 298 g/mol. The van der Waals surface area contributed by atoms with E-state index in [1.807, 2.05) is 6.07 Å². The van der Waals surface area contributed by atoms with Crippen molar-refractivity contribution < 1.29 is 9.29 Å². The van der Waals surface area contributed by atoms with Crippen molar-refractivity contribution in [1.29, 1.82) is 0 Å². The van der Waals surface area contributed by atoms with E-state index in [9.17, 15) is 4.39 Å². The quantitative estimate of drug-likeness (QED) is 0.849.